The second-order valence-corrected chi connectivity index (χ2v) is 5.73. The lowest BCUT2D eigenvalue weighted by molar-refractivity contribution is 0.245. The van der Waals surface area contributed by atoms with E-state index in [0.29, 0.717) is 0 Å². The van der Waals surface area contributed by atoms with Gasteiger partial charge in [-0.25, -0.2) is 0 Å². The summed E-state index contributed by atoms with van der Waals surface area (Å²) in [5, 5.41) is 1.18. The summed E-state index contributed by atoms with van der Waals surface area (Å²) in [6.45, 7) is 7.17. The molecule has 0 N–H and O–H groups in total. The lowest BCUT2D eigenvalue weighted by atomic mass is 10.1. The van der Waals surface area contributed by atoms with E-state index < -0.39 is 0 Å². The van der Waals surface area contributed by atoms with Gasteiger partial charge in [-0.2, -0.15) is 0 Å². The molecule has 0 aliphatic rings. The highest BCUT2D eigenvalue weighted by Crippen LogP contribution is 2.28. The second-order valence-electron chi connectivity index (χ2n) is 5.73. The first-order chi connectivity index (χ1) is 10.1. The molecule has 0 saturated carbocycles. The van der Waals surface area contributed by atoms with Crippen molar-refractivity contribution in [2.75, 3.05) is 0 Å². The highest BCUT2D eigenvalue weighted by atomic mass is 16.5. The molecule has 0 atom stereocenters. The van der Waals surface area contributed by atoms with Gasteiger partial charge >= 0.3 is 0 Å². The van der Waals surface area contributed by atoms with Crippen LogP contribution in [0, 0.1) is 6.92 Å². The largest absolute Gasteiger partial charge is 0.490 e. The number of rotatable bonds is 4. The van der Waals surface area contributed by atoms with E-state index in [1.54, 1.807) is 0 Å². The fourth-order valence-corrected chi connectivity index (χ4v) is 2.66. The third-order valence-electron chi connectivity index (χ3n) is 3.74. The monoisotopic (exact) mass is 279 g/mol. The Kier molecular flexibility index (Phi) is 3.70. The Morgan fingerprint density at radius 1 is 1.00 bits per heavy atom. The number of nitrogens with zero attached hydrogens (tertiary/aromatic N) is 1. The van der Waals surface area contributed by atoms with Gasteiger partial charge in [0.25, 0.3) is 0 Å². The Bertz CT molecular complexity index is 755. The Morgan fingerprint density at radius 2 is 1.81 bits per heavy atom. The lowest BCUT2D eigenvalue weighted by Crippen LogP contribution is -2.05. The Morgan fingerprint density at radius 3 is 2.57 bits per heavy atom. The zero-order valence-electron chi connectivity index (χ0n) is 12.8. The maximum absolute atomic E-state index is 5.90. The van der Waals surface area contributed by atoms with Crippen LogP contribution in [0.15, 0.2) is 54.7 Å². The smallest absolute Gasteiger partial charge is 0.129 e. The van der Waals surface area contributed by atoms with Gasteiger partial charge in [0.2, 0.25) is 0 Å². The van der Waals surface area contributed by atoms with Gasteiger partial charge in [-0.15, -0.1) is 0 Å². The molecule has 1 aromatic heterocycles. The molecule has 0 fully saturated rings. The Balaban J connectivity index is 1.99. The van der Waals surface area contributed by atoms with Gasteiger partial charge in [-0.05, 0) is 50.1 Å². The minimum atomic E-state index is 0.190. The molecule has 0 aliphatic carbocycles. The number of aromatic nitrogens is 1. The van der Waals surface area contributed by atoms with E-state index in [1.165, 1.54) is 22.0 Å². The molecule has 21 heavy (non-hydrogen) atoms. The van der Waals surface area contributed by atoms with Crippen molar-refractivity contribution in [2.24, 2.45) is 0 Å². The van der Waals surface area contributed by atoms with Gasteiger partial charge in [-0.1, -0.05) is 30.3 Å². The van der Waals surface area contributed by atoms with Crippen molar-refractivity contribution in [1.29, 1.82) is 0 Å². The fraction of sp³-hybridized carbons (Fsp3) is 0.263. The van der Waals surface area contributed by atoms with Gasteiger partial charge in [0.05, 0.1) is 11.6 Å². The normalized spacial score (nSPS) is 11.2. The first-order valence-corrected chi connectivity index (χ1v) is 7.44. The molecule has 108 valence electrons. The third kappa shape index (κ3) is 2.80. The first-order valence-electron chi connectivity index (χ1n) is 7.44. The summed E-state index contributed by atoms with van der Waals surface area (Å²) >= 11 is 0. The van der Waals surface area contributed by atoms with Crippen molar-refractivity contribution >= 4 is 10.9 Å². The van der Waals surface area contributed by atoms with Crippen LogP contribution in [0.5, 0.6) is 5.75 Å². The molecular formula is C19H21NO. The van der Waals surface area contributed by atoms with Crippen molar-refractivity contribution in [2.45, 2.75) is 33.4 Å². The summed E-state index contributed by atoms with van der Waals surface area (Å²) in [5.74, 6) is 0.964. The van der Waals surface area contributed by atoms with Crippen LogP contribution in [0.4, 0.5) is 0 Å². The number of ether oxygens (including phenoxy) is 1. The molecule has 2 heteroatoms. The molecule has 3 aromatic rings. The van der Waals surface area contributed by atoms with Crippen LogP contribution in [-0.2, 0) is 6.54 Å². The number of hydrogen-bond acceptors (Lipinski definition) is 1. The second kappa shape index (κ2) is 5.65. The van der Waals surface area contributed by atoms with Crippen LogP contribution in [0.25, 0.3) is 10.9 Å². The fourth-order valence-electron chi connectivity index (χ4n) is 2.66. The Hall–Kier alpha value is -2.22. The molecule has 2 nitrogen and oxygen atoms in total. The molecule has 0 radical (unpaired) electrons. The first kappa shape index (κ1) is 13.7. The van der Waals surface area contributed by atoms with Crippen molar-refractivity contribution in [3.63, 3.8) is 0 Å². The van der Waals surface area contributed by atoms with Gasteiger partial charge in [0.15, 0.2) is 0 Å². The molecule has 0 spiro atoms. The van der Waals surface area contributed by atoms with E-state index in [2.05, 4.69) is 74.0 Å². The third-order valence-corrected chi connectivity index (χ3v) is 3.74. The van der Waals surface area contributed by atoms with Gasteiger partial charge in [0.1, 0.15) is 5.75 Å². The molecule has 1 heterocycles. The molecule has 2 aromatic carbocycles. The number of benzene rings is 2. The molecule has 0 saturated heterocycles. The standard InChI is InChI=1S/C19H21NO/c1-14(2)21-19-10-6-9-18-17(19)11-12-20(18)13-16-8-5-4-7-15(16)3/h4-12,14H,13H2,1-3H3. The quantitative estimate of drug-likeness (QED) is 0.670. The van der Waals surface area contributed by atoms with E-state index in [-0.39, 0.29) is 6.10 Å². The number of hydrogen-bond donors (Lipinski definition) is 0. The van der Waals surface area contributed by atoms with E-state index in [0.717, 1.165) is 12.3 Å². The van der Waals surface area contributed by atoms with Crippen molar-refractivity contribution < 1.29 is 4.74 Å². The average Bonchev–Trinajstić information content (AvgIpc) is 2.85. The Labute approximate surface area is 126 Å². The minimum Gasteiger partial charge on any atom is -0.490 e. The number of fused-ring (bicyclic) bond motifs is 1. The van der Waals surface area contributed by atoms with Crippen LogP contribution in [0.3, 0.4) is 0 Å². The summed E-state index contributed by atoms with van der Waals surface area (Å²) in [6, 6.07) is 16.9. The zero-order valence-corrected chi connectivity index (χ0v) is 12.8. The average molecular weight is 279 g/mol. The van der Waals surface area contributed by atoms with Crippen molar-refractivity contribution in [3.05, 3.63) is 65.9 Å². The van der Waals surface area contributed by atoms with Gasteiger partial charge in [-0.3, -0.25) is 0 Å². The highest BCUT2D eigenvalue weighted by molar-refractivity contribution is 5.86. The maximum atomic E-state index is 5.90. The van der Waals surface area contributed by atoms with Gasteiger partial charge < -0.3 is 9.30 Å². The number of aryl methyl sites for hydroxylation is 1. The molecule has 0 amide bonds. The summed E-state index contributed by atoms with van der Waals surface area (Å²) in [4.78, 5) is 0. The molecule has 0 unspecified atom stereocenters. The highest BCUT2D eigenvalue weighted by Gasteiger charge is 2.08. The van der Waals surface area contributed by atoms with E-state index in [4.69, 9.17) is 4.74 Å². The molecule has 3 rings (SSSR count). The molecule has 0 aliphatic heterocycles. The van der Waals surface area contributed by atoms with Crippen molar-refractivity contribution in [1.82, 2.24) is 4.57 Å². The van der Waals surface area contributed by atoms with Gasteiger partial charge in [0, 0.05) is 18.1 Å². The predicted molar refractivity (Wildman–Crippen MR) is 88.0 cm³/mol. The van der Waals surface area contributed by atoms with Crippen LogP contribution in [0.1, 0.15) is 25.0 Å². The summed E-state index contributed by atoms with van der Waals surface area (Å²) < 4.78 is 8.18. The summed E-state index contributed by atoms with van der Waals surface area (Å²) in [6.07, 6.45) is 2.33. The zero-order chi connectivity index (χ0) is 14.8. The maximum Gasteiger partial charge on any atom is 0.129 e. The van der Waals surface area contributed by atoms with E-state index in [9.17, 15) is 0 Å². The summed E-state index contributed by atoms with van der Waals surface area (Å²) in [7, 11) is 0. The van der Waals surface area contributed by atoms with Crippen LogP contribution >= 0.6 is 0 Å². The van der Waals surface area contributed by atoms with E-state index >= 15 is 0 Å². The SMILES string of the molecule is Cc1ccccc1Cn1ccc2c(OC(C)C)cccc21. The summed E-state index contributed by atoms with van der Waals surface area (Å²) in [5.41, 5.74) is 3.90. The lowest BCUT2D eigenvalue weighted by Gasteiger charge is -2.12. The minimum absolute atomic E-state index is 0.190. The topological polar surface area (TPSA) is 14.2 Å². The van der Waals surface area contributed by atoms with Crippen LogP contribution in [0.2, 0.25) is 0 Å². The van der Waals surface area contributed by atoms with E-state index in [1.807, 2.05) is 6.07 Å². The molecule has 0 bridgehead atoms. The van der Waals surface area contributed by atoms with Crippen molar-refractivity contribution in [3.8, 4) is 5.75 Å². The van der Waals surface area contributed by atoms with Crippen LogP contribution < -0.4 is 4.74 Å². The molecular weight excluding hydrogens is 258 g/mol. The van der Waals surface area contributed by atoms with Crippen LogP contribution in [-0.4, -0.2) is 10.7 Å². The predicted octanol–water partition coefficient (Wildman–Crippen LogP) is 4.79.